The largest absolute Gasteiger partial charge is 0.481 e. The number of anilines is 1. The summed E-state index contributed by atoms with van der Waals surface area (Å²) in [5.74, 6) is 1.60. The van der Waals surface area contributed by atoms with Gasteiger partial charge in [0.15, 0.2) is 0 Å². The summed E-state index contributed by atoms with van der Waals surface area (Å²) in [5.41, 5.74) is 2.25. The molecule has 2 saturated heterocycles. The normalized spacial score (nSPS) is 23.5. The van der Waals surface area contributed by atoms with Crippen molar-refractivity contribution < 1.29 is 4.74 Å². The van der Waals surface area contributed by atoms with Gasteiger partial charge in [-0.05, 0) is 31.9 Å². The second kappa shape index (κ2) is 6.36. The van der Waals surface area contributed by atoms with Crippen LogP contribution in [0.15, 0.2) is 30.6 Å². The number of pyridine rings is 1. The predicted octanol–water partition coefficient (Wildman–Crippen LogP) is 2.04. The zero-order chi connectivity index (χ0) is 16.5. The zero-order valence-corrected chi connectivity index (χ0v) is 14.2. The number of nitrogens with zero attached hydrogens (tertiary/aromatic N) is 5. The lowest BCUT2D eigenvalue weighted by Crippen LogP contribution is -2.36. The van der Waals surface area contributed by atoms with Crippen molar-refractivity contribution in [2.75, 3.05) is 25.1 Å². The Morgan fingerprint density at radius 2 is 2.04 bits per heavy atom. The highest BCUT2D eigenvalue weighted by Crippen LogP contribution is 2.35. The molecule has 6 nitrogen and oxygen atoms in total. The van der Waals surface area contributed by atoms with Crippen molar-refractivity contribution >= 4 is 5.82 Å². The third-order valence-electron chi connectivity index (χ3n) is 5.13. The van der Waals surface area contributed by atoms with Crippen molar-refractivity contribution in [2.45, 2.75) is 38.4 Å². The van der Waals surface area contributed by atoms with Gasteiger partial charge in [-0.25, -0.2) is 9.97 Å². The van der Waals surface area contributed by atoms with Crippen LogP contribution in [-0.2, 0) is 6.54 Å². The molecule has 0 bridgehead atoms. The van der Waals surface area contributed by atoms with Gasteiger partial charge >= 0.3 is 0 Å². The van der Waals surface area contributed by atoms with Crippen LogP contribution in [0.3, 0.4) is 0 Å². The average Bonchev–Trinajstić information content (AvgIpc) is 3.18. The molecule has 2 aliphatic heterocycles. The predicted molar refractivity (Wildman–Crippen MR) is 92.1 cm³/mol. The van der Waals surface area contributed by atoms with Gasteiger partial charge in [0.25, 0.3) is 0 Å². The Hall–Kier alpha value is -2.21. The molecule has 2 fully saturated rings. The van der Waals surface area contributed by atoms with Crippen molar-refractivity contribution in [3.8, 4) is 5.88 Å². The van der Waals surface area contributed by atoms with Crippen LogP contribution >= 0.6 is 0 Å². The number of hydrogen-bond acceptors (Lipinski definition) is 6. The van der Waals surface area contributed by atoms with Gasteiger partial charge in [0.05, 0.1) is 12.8 Å². The number of aryl methyl sites for hydroxylation is 1. The van der Waals surface area contributed by atoms with Gasteiger partial charge in [0.2, 0.25) is 5.88 Å². The number of fused-ring (bicyclic) bond motifs is 1. The molecule has 0 unspecified atom stereocenters. The third-order valence-corrected chi connectivity index (χ3v) is 5.13. The fourth-order valence-corrected chi connectivity index (χ4v) is 4.05. The fourth-order valence-electron chi connectivity index (χ4n) is 4.05. The minimum absolute atomic E-state index is 0.523. The maximum absolute atomic E-state index is 5.24. The summed E-state index contributed by atoms with van der Waals surface area (Å²) in [6, 6.07) is 9.31. The van der Waals surface area contributed by atoms with Gasteiger partial charge in [-0.3, -0.25) is 9.88 Å². The first-order chi connectivity index (χ1) is 11.7. The van der Waals surface area contributed by atoms with Crippen LogP contribution in [0, 0.1) is 6.92 Å². The molecule has 2 aliphatic rings. The Kier molecular flexibility index (Phi) is 4.06. The van der Waals surface area contributed by atoms with Crippen molar-refractivity contribution in [1.82, 2.24) is 19.9 Å². The van der Waals surface area contributed by atoms with Gasteiger partial charge < -0.3 is 9.64 Å². The molecule has 0 saturated carbocycles. The van der Waals surface area contributed by atoms with E-state index in [1.54, 1.807) is 13.4 Å². The van der Waals surface area contributed by atoms with E-state index in [9.17, 15) is 0 Å². The average molecular weight is 325 g/mol. The molecule has 0 N–H and O–H groups in total. The molecule has 0 radical (unpaired) electrons. The number of aromatic nitrogens is 3. The van der Waals surface area contributed by atoms with Crippen molar-refractivity contribution in [2.24, 2.45) is 0 Å². The number of methoxy groups -OCH3 is 1. The molecule has 126 valence electrons. The van der Waals surface area contributed by atoms with E-state index in [1.165, 1.54) is 12.8 Å². The molecule has 2 aromatic rings. The molecular formula is C18H23N5O. The van der Waals surface area contributed by atoms with Gasteiger partial charge in [-0.2, -0.15) is 0 Å². The summed E-state index contributed by atoms with van der Waals surface area (Å²) in [4.78, 5) is 18.2. The van der Waals surface area contributed by atoms with Gasteiger partial charge in [0.1, 0.15) is 12.1 Å². The Morgan fingerprint density at radius 1 is 1.17 bits per heavy atom. The highest BCUT2D eigenvalue weighted by atomic mass is 16.5. The molecule has 4 rings (SSSR count). The molecule has 2 aromatic heterocycles. The second-order valence-electron chi connectivity index (χ2n) is 6.56. The Bertz CT molecular complexity index is 722. The van der Waals surface area contributed by atoms with E-state index < -0.39 is 0 Å². The first kappa shape index (κ1) is 15.3. The number of likely N-dealkylation sites (tertiary alicyclic amines) is 1. The van der Waals surface area contributed by atoms with Crippen LogP contribution < -0.4 is 9.64 Å². The van der Waals surface area contributed by atoms with Crippen molar-refractivity contribution in [3.05, 3.63) is 42.0 Å². The fraction of sp³-hybridized carbons (Fsp3) is 0.500. The lowest BCUT2D eigenvalue weighted by Gasteiger charge is -2.26. The topological polar surface area (TPSA) is 54.4 Å². The molecule has 0 aromatic carbocycles. The Balaban J connectivity index is 1.49. The van der Waals surface area contributed by atoms with Gasteiger partial charge in [0, 0.05) is 43.5 Å². The molecule has 6 heteroatoms. The minimum Gasteiger partial charge on any atom is -0.481 e. The van der Waals surface area contributed by atoms with E-state index in [0.717, 1.165) is 36.8 Å². The van der Waals surface area contributed by atoms with Crippen LogP contribution in [0.1, 0.15) is 24.2 Å². The zero-order valence-electron chi connectivity index (χ0n) is 14.2. The first-order valence-electron chi connectivity index (χ1n) is 8.54. The van der Waals surface area contributed by atoms with Crippen molar-refractivity contribution in [3.63, 3.8) is 0 Å². The first-order valence-corrected chi connectivity index (χ1v) is 8.54. The van der Waals surface area contributed by atoms with E-state index in [2.05, 4.69) is 49.9 Å². The molecule has 0 amide bonds. The van der Waals surface area contributed by atoms with Gasteiger partial charge in [-0.15, -0.1) is 0 Å². The lowest BCUT2D eigenvalue weighted by molar-refractivity contribution is 0.243. The van der Waals surface area contributed by atoms with E-state index in [0.29, 0.717) is 18.0 Å². The standard InChI is InChI=1S/C18H23N5O/c1-13-4-3-5-14(21-13)11-22-8-6-16-15(22)7-9-23(16)17-10-18(24-2)20-12-19-17/h3-5,10,12,15-16H,6-9,11H2,1-2H3/t15-,16+/m0/s1. The quantitative estimate of drug-likeness (QED) is 0.857. The minimum atomic E-state index is 0.523. The monoisotopic (exact) mass is 325 g/mol. The SMILES string of the molecule is COc1cc(N2CC[C@H]3[C@H]2CCN3Cc2cccc(C)n2)ncn1. The summed E-state index contributed by atoms with van der Waals surface area (Å²) < 4.78 is 5.24. The Labute approximate surface area is 142 Å². The number of hydrogen-bond donors (Lipinski definition) is 0. The highest BCUT2D eigenvalue weighted by Gasteiger charge is 2.43. The second-order valence-corrected chi connectivity index (χ2v) is 6.56. The highest BCUT2D eigenvalue weighted by molar-refractivity contribution is 5.44. The number of rotatable bonds is 4. The molecule has 0 spiro atoms. The molecule has 24 heavy (non-hydrogen) atoms. The molecule has 2 atom stereocenters. The van der Waals surface area contributed by atoms with E-state index in [4.69, 9.17) is 4.74 Å². The molecular weight excluding hydrogens is 302 g/mol. The maximum atomic E-state index is 5.24. The lowest BCUT2D eigenvalue weighted by atomic mass is 10.1. The van der Waals surface area contributed by atoms with Crippen LogP contribution in [0.25, 0.3) is 0 Å². The summed E-state index contributed by atoms with van der Waals surface area (Å²) in [6.07, 6.45) is 3.93. The Morgan fingerprint density at radius 3 is 2.88 bits per heavy atom. The summed E-state index contributed by atoms with van der Waals surface area (Å²) in [7, 11) is 1.64. The summed E-state index contributed by atoms with van der Waals surface area (Å²) in [6.45, 7) is 5.14. The van der Waals surface area contributed by atoms with E-state index >= 15 is 0 Å². The molecule has 4 heterocycles. The summed E-state index contributed by atoms with van der Waals surface area (Å²) >= 11 is 0. The third kappa shape index (κ3) is 2.82. The van der Waals surface area contributed by atoms with E-state index in [1.807, 2.05) is 6.07 Å². The van der Waals surface area contributed by atoms with Crippen LogP contribution in [0.2, 0.25) is 0 Å². The van der Waals surface area contributed by atoms with Crippen molar-refractivity contribution in [1.29, 1.82) is 0 Å². The van der Waals surface area contributed by atoms with Crippen LogP contribution in [0.5, 0.6) is 5.88 Å². The van der Waals surface area contributed by atoms with E-state index in [-0.39, 0.29) is 0 Å². The van der Waals surface area contributed by atoms with Crippen LogP contribution in [-0.4, -0.2) is 52.1 Å². The maximum Gasteiger partial charge on any atom is 0.218 e. The smallest absolute Gasteiger partial charge is 0.218 e. The summed E-state index contributed by atoms with van der Waals surface area (Å²) in [5, 5.41) is 0. The van der Waals surface area contributed by atoms with Gasteiger partial charge in [-0.1, -0.05) is 6.07 Å². The molecule has 0 aliphatic carbocycles. The number of ether oxygens (including phenoxy) is 1. The van der Waals surface area contributed by atoms with Crippen LogP contribution in [0.4, 0.5) is 5.82 Å².